The maximum absolute atomic E-state index is 14.2. The van der Waals surface area contributed by atoms with Gasteiger partial charge in [-0.3, -0.25) is 4.84 Å². The van der Waals surface area contributed by atoms with Gasteiger partial charge in [-0.1, -0.05) is 6.07 Å². The highest BCUT2D eigenvalue weighted by molar-refractivity contribution is 14.1. The number of aliphatic hydroxyl groups excluding tert-OH is 2. The van der Waals surface area contributed by atoms with Crippen molar-refractivity contribution in [2.45, 2.75) is 6.10 Å². The van der Waals surface area contributed by atoms with Gasteiger partial charge < -0.3 is 10.2 Å². The van der Waals surface area contributed by atoms with E-state index in [1.54, 1.807) is 6.07 Å². The van der Waals surface area contributed by atoms with Crippen molar-refractivity contribution in [2.24, 2.45) is 0 Å². The van der Waals surface area contributed by atoms with E-state index in [2.05, 4.69) is 0 Å². The van der Waals surface area contributed by atoms with Crippen LogP contribution in [0.2, 0.25) is 0 Å². The fraction of sp³-hybridized carbons (Fsp3) is 0.200. The van der Waals surface area contributed by atoms with Crippen molar-refractivity contribution in [2.75, 3.05) is 18.3 Å². The zero-order valence-corrected chi connectivity index (χ0v) is 13.9. The minimum Gasteiger partial charge on any atom is -0.394 e. The van der Waals surface area contributed by atoms with Gasteiger partial charge in [0.15, 0.2) is 11.6 Å². The van der Waals surface area contributed by atoms with Gasteiger partial charge in [0.25, 0.3) is 0 Å². The van der Waals surface area contributed by atoms with E-state index in [0.29, 0.717) is 3.57 Å². The third-order valence-corrected chi connectivity index (χ3v) is 3.56. The molecule has 124 valence electrons. The lowest BCUT2D eigenvalue weighted by molar-refractivity contribution is 0.00523. The molecule has 0 heterocycles. The summed E-state index contributed by atoms with van der Waals surface area (Å²) in [6.45, 7) is -1.02. The van der Waals surface area contributed by atoms with Gasteiger partial charge in [0, 0.05) is 3.57 Å². The summed E-state index contributed by atoms with van der Waals surface area (Å²) >= 11 is 1.90. The molecule has 0 spiro atoms. The topological polar surface area (TPSA) is 52.9 Å². The Morgan fingerprint density at radius 2 is 1.83 bits per heavy atom. The summed E-state index contributed by atoms with van der Waals surface area (Å²) in [6, 6.07) is 7.48. The van der Waals surface area contributed by atoms with Gasteiger partial charge in [0.1, 0.15) is 29.9 Å². The van der Waals surface area contributed by atoms with Crippen LogP contribution in [0.5, 0.6) is 0 Å². The van der Waals surface area contributed by atoms with Crippen LogP contribution in [-0.4, -0.2) is 29.5 Å². The molecule has 2 rings (SSSR count). The van der Waals surface area contributed by atoms with Crippen LogP contribution < -0.4 is 5.06 Å². The molecule has 4 nitrogen and oxygen atoms in total. The molecule has 23 heavy (non-hydrogen) atoms. The van der Waals surface area contributed by atoms with Gasteiger partial charge in [-0.15, -0.1) is 0 Å². The van der Waals surface area contributed by atoms with Crippen molar-refractivity contribution in [1.29, 1.82) is 0 Å². The summed E-state index contributed by atoms with van der Waals surface area (Å²) in [4.78, 5) is 5.20. The van der Waals surface area contributed by atoms with Gasteiger partial charge in [-0.25, -0.2) is 18.2 Å². The van der Waals surface area contributed by atoms with Gasteiger partial charge in [0.05, 0.1) is 6.61 Å². The molecular formula is C15H13F3INO3. The lowest BCUT2D eigenvalue weighted by atomic mass is 10.2. The smallest absolute Gasteiger partial charge is 0.184 e. The normalized spacial score (nSPS) is 12.3. The minimum atomic E-state index is -1.25. The van der Waals surface area contributed by atoms with Crippen LogP contribution in [0.4, 0.5) is 24.5 Å². The fourth-order valence-electron chi connectivity index (χ4n) is 1.78. The highest BCUT2D eigenvalue weighted by Gasteiger charge is 2.21. The average molecular weight is 439 g/mol. The third-order valence-electron chi connectivity index (χ3n) is 2.89. The predicted molar refractivity (Wildman–Crippen MR) is 86.7 cm³/mol. The summed E-state index contributed by atoms with van der Waals surface area (Å²) in [5.41, 5.74) is -0.504. The van der Waals surface area contributed by atoms with E-state index in [0.717, 1.165) is 11.1 Å². The van der Waals surface area contributed by atoms with E-state index >= 15 is 0 Å². The first-order valence-electron chi connectivity index (χ1n) is 6.55. The minimum absolute atomic E-state index is 0.153. The first-order chi connectivity index (χ1) is 10.9. The SMILES string of the molecule is OCC(O)CON(c1ccc(I)cc1F)c1cccc(F)c1F. The molecule has 0 aliphatic rings. The van der Waals surface area contributed by atoms with Gasteiger partial charge >= 0.3 is 0 Å². The zero-order valence-electron chi connectivity index (χ0n) is 11.7. The van der Waals surface area contributed by atoms with Crippen LogP contribution in [0.15, 0.2) is 36.4 Å². The first-order valence-corrected chi connectivity index (χ1v) is 7.63. The van der Waals surface area contributed by atoms with E-state index < -0.39 is 36.8 Å². The van der Waals surface area contributed by atoms with Crippen molar-refractivity contribution >= 4 is 34.0 Å². The molecule has 0 aromatic heterocycles. The fourth-order valence-corrected chi connectivity index (χ4v) is 2.23. The molecule has 1 atom stereocenters. The van der Waals surface area contributed by atoms with E-state index in [-0.39, 0.29) is 11.4 Å². The predicted octanol–water partition coefficient (Wildman–Crippen LogP) is 3.13. The van der Waals surface area contributed by atoms with Gasteiger partial charge in [-0.05, 0) is 52.9 Å². The number of rotatable bonds is 6. The molecule has 8 heteroatoms. The molecule has 0 aliphatic heterocycles. The molecule has 0 amide bonds. The molecule has 0 bridgehead atoms. The summed E-state index contributed by atoms with van der Waals surface area (Å²) in [5, 5.41) is 18.9. The third kappa shape index (κ3) is 4.34. The molecule has 2 N–H and O–H groups in total. The van der Waals surface area contributed by atoms with Crippen LogP contribution in [0, 0.1) is 21.0 Å². The first kappa shape index (κ1) is 18.0. The molecule has 0 saturated carbocycles. The van der Waals surface area contributed by atoms with Gasteiger partial charge in [-0.2, -0.15) is 0 Å². The Kier molecular flexibility index (Phi) is 6.22. The van der Waals surface area contributed by atoms with Crippen molar-refractivity contribution in [3.8, 4) is 0 Å². The van der Waals surface area contributed by atoms with Crippen molar-refractivity contribution < 1.29 is 28.2 Å². The van der Waals surface area contributed by atoms with Crippen molar-refractivity contribution in [3.05, 3.63) is 57.4 Å². The number of aliphatic hydroxyl groups is 2. The lowest BCUT2D eigenvalue weighted by Gasteiger charge is -2.25. The molecule has 0 radical (unpaired) electrons. The Bertz CT molecular complexity index is 687. The Hall–Kier alpha value is -1.36. The Balaban J connectivity index is 2.44. The highest BCUT2D eigenvalue weighted by Crippen LogP contribution is 2.32. The monoisotopic (exact) mass is 439 g/mol. The van der Waals surface area contributed by atoms with Crippen molar-refractivity contribution in [1.82, 2.24) is 0 Å². The number of benzene rings is 2. The van der Waals surface area contributed by atoms with E-state index in [9.17, 15) is 18.3 Å². The van der Waals surface area contributed by atoms with Crippen LogP contribution >= 0.6 is 22.6 Å². The number of anilines is 2. The molecule has 2 aromatic carbocycles. The molecular weight excluding hydrogens is 426 g/mol. The molecule has 1 unspecified atom stereocenters. The number of halogens is 4. The van der Waals surface area contributed by atoms with Crippen LogP contribution in [0.25, 0.3) is 0 Å². The number of hydrogen-bond donors (Lipinski definition) is 2. The Morgan fingerprint density at radius 3 is 2.48 bits per heavy atom. The molecule has 0 aliphatic carbocycles. The van der Waals surface area contributed by atoms with E-state index in [1.165, 1.54) is 24.3 Å². The van der Waals surface area contributed by atoms with Crippen molar-refractivity contribution in [3.63, 3.8) is 0 Å². The molecule has 0 fully saturated rings. The second-order valence-electron chi connectivity index (χ2n) is 4.60. The maximum Gasteiger partial charge on any atom is 0.184 e. The highest BCUT2D eigenvalue weighted by atomic mass is 127. The largest absolute Gasteiger partial charge is 0.394 e. The summed E-state index contributed by atoms with van der Waals surface area (Å²) in [7, 11) is 0. The molecule has 0 saturated heterocycles. The Morgan fingerprint density at radius 1 is 1.09 bits per heavy atom. The summed E-state index contributed by atoms with van der Waals surface area (Å²) in [6.07, 6.45) is -1.25. The Labute approximate surface area is 144 Å². The van der Waals surface area contributed by atoms with Crippen LogP contribution in [0.3, 0.4) is 0 Å². The maximum atomic E-state index is 14.2. The second kappa shape index (κ2) is 7.95. The lowest BCUT2D eigenvalue weighted by Crippen LogP contribution is -2.28. The standard InChI is InChI=1S/C15H13F3INO3/c16-11-2-1-3-14(15(11)18)20(23-8-10(22)7-21)13-5-4-9(19)6-12(13)17/h1-6,10,21-22H,7-8H2. The van der Waals surface area contributed by atoms with Gasteiger partial charge in [0.2, 0.25) is 0 Å². The number of nitrogens with zero attached hydrogens (tertiary/aromatic N) is 1. The molecule has 2 aromatic rings. The average Bonchev–Trinajstić information content (AvgIpc) is 2.52. The summed E-state index contributed by atoms with van der Waals surface area (Å²) < 4.78 is 42.2. The van der Waals surface area contributed by atoms with Crippen LogP contribution in [0.1, 0.15) is 0 Å². The van der Waals surface area contributed by atoms with E-state index in [1.807, 2.05) is 22.6 Å². The zero-order chi connectivity index (χ0) is 17.0. The summed E-state index contributed by atoms with van der Waals surface area (Å²) in [5.74, 6) is -3.05. The van der Waals surface area contributed by atoms with Crippen LogP contribution in [-0.2, 0) is 4.84 Å². The van der Waals surface area contributed by atoms with E-state index in [4.69, 9.17) is 9.94 Å². The number of hydrogen-bond acceptors (Lipinski definition) is 4. The second-order valence-corrected chi connectivity index (χ2v) is 5.84. The quantitative estimate of drug-likeness (QED) is 0.537.